The van der Waals surface area contributed by atoms with E-state index in [-0.39, 0.29) is 23.9 Å². The van der Waals surface area contributed by atoms with Gasteiger partial charge < -0.3 is 14.8 Å². The molecule has 0 unspecified atom stereocenters. The zero-order chi connectivity index (χ0) is 17.4. The zero-order valence-corrected chi connectivity index (χ0v) is 15.7. The van der Waals surface area contributed by atoms with Gasteiger partial charge in [-0.15, -0.1) is 22.6 Å². The molecule has 2 aromatic rings. The van der Waals surface area contributed by atoms with Crippen LogP contribution in [-0.2, 0) is 13.1 Å². The second-order valence-corrected chi connectivity index (χ2v) is 6.93. The van der Waals surface area contributed by atoms with Gasteiger partial charge in [0.05, 0.1) is 12.1 Å². The molecule has 1 amide bonds. The number of piperidine rings is 1. The first-order valence-corrected chi connectivity index (χ1v) is 8.88. The summed E-state index contributed by atoms with van der Waals surface area (Å²) in [6, 6.07) is 4.17. The van der Waals surface area contributed by atoms with Crippen LogP contribution < -0.4 is 5.32 Å². The lowest BCUT2D eigenvalue weighted by Crippen LogP contribution is -2.39. The summed E-state index contributed by atoms with van der Waals surface area (Å²) in [5.74, 6) is 1.43. The molecule has 1 aromatic carbocycles. The van der Waals surface area contributed by atoms with E-state index in [1.54, 1.807) is 11.0 Å². The summed E-state index contributed by atoms with van der Waals surface area (Å²) >= 11 is 5.76. The number of rotatable bonds is 2. The number of benzene rings is 1. The Labute approximate surface area is 162 Å². The number of likely N-dealkylation sites (tertiary alicyclic amines) is 1. The van der Waals surface area contributed by atoms with Crippen LogP contribution in [0.15, 0.2) is 18.2 Å². The van der Waals surface area contributed by atoms with Crippen molar-refractivity contribution in [1.82, 2.24) is 25.0 Å². The van der Waals surface area contributed by atoms with E-state index in [1.807, 2.05) is 0 Å². The summed E-state index contributed by atoms with van der Waals surface area (Å²) in [5, 5.41) is 12.2. The van der Waals surface area contributed by atoms with Crippen LogP contribution in [-0.4, -0.2) is 45.2 Å². The number of amides is 1. The molecule has 0 bridgehead atoms. The molecule has 140 valence electrons. The molecule has 0 atom stereocenters. The summed E-state index contributed by atoms with van der Waals surface area (Å²) in [6.07, 6.45) is 1.62. The molecule has 0 spiro atoms. The van der Waals surface area contributed by atoms with Crippen LogP contribution in [0.25, 0.3) is 0 Å². The molecular weight excluding hydrogens is 380 g/mol. The van der Waals surface area contributed by atoms with Crippen LogP contribution in [0.5, 0.6) is 0 Å². The van der Waals surface area contributed by atoms with Gasteiger partial charge in [0.15, 0.2) is 0 Å². The fourth-order valence-corrected chi connectivity index (χ4v) is 3.75. The van der Waals surface area contributed by atoms with Gasteiger partial charge in [-0.1, -0.05) is 11.6 Å². The minimum absolute atomic E-state index is 0. The van der Waals surface area contributed by atoms with Crippen LogP contribution in [0.1, 0.15) is 40.8 Å². The van der Waals surface area contributed by atoms with Gasteiger partial charge in [-0.25, -0.2) is 4.39 Å². The Bertz CT molecular complexity index is 804. The topological polar surface area (TPSA) is 63.1 Å². The maximum absolute atomic E-state index is 14.0. The lowest BCUT2D eigenvalue weighted by Gasteiger charge is -2.32. The molecule has 1 fully saturated rings. The summed E-state index contributed by atoms with van der Waals surface area (Å²) in [5.41, 5.74) is 0.0776. The Hall–Kier alpha value is -1.70. The first-order chi connectivity index (χ1) is 12.1. The van der Waals surface area contributed by atoms with Crippen molar-refractivity contribution in [1.29, 1.82) is 0 Å². The molecule has 9 heteroatoms. The van der Waals surface area contributed by atoms with Crippen molar-refractivity contribution < 1.29 is 9.18 Å². The molecule has 0 aliphatic carbocycles. The maximum Gasteiger partial charge on any atom is 0.256 e. The van der Waals surface area contributed by atoms with Crippen LogP contribution in [0, 0.1) is 5.82 Å². The second-order valence-electron chi connectivity index (χ2n) is 6.49. The Balaban J connectivity index is 0.00000196. The number of hydrogen-bond acceptors (Lipinski definition) is 4. The monoisotopic (exact) mass is 399 g/mol. The number of aromatic nitrogens is 3. The van der Waals surface area contributed by atoms with Gasteiger partial charge in [-0.2, -0.15) is 0 Å². The van der Waals surface area contributed by atoms with Gasteiger partial charge in [0.2, 0.25) is 0 Å². The molecular formula is C17H20Cl2FN5O. The summed E-state index contributed by atoms with van der Waals surface area (Å²) in [7, 11) is 0. The van der Waals surface area contributed by atoms with E-state index in [1.165, 1.54) is 12.1 Å². The third kappa shape index (κ3) is 3.56. The maximum atomic E-state index is 14.0. The molecule has 1 N–H and O–H groups in total. The highest BCUT2D eigenvalue weighted by atomic mass is 35.5. The number of nitrogens with zero attached hydrogens (tertiary/aromatic N) is 4. The first kappa shape index (κ1) is 19.1. The highest BCUT2D eigenvalue weighted by molar-refractivity contribution is 6.30. The first-order valence-electron chi connectivity index (χ1n) is 8.50. The molecule has 1 aromatic heterocycles. The quantitative estimate of drug-likeness (QED) is 0.842. The third-order valence-corrected chi connectivity index (χ3v) is 5.20. The highest BCUT2D eigenvalue weighted by Gasteiger charge is 2.29. The van der Waals surface area contributed by atoms with E-state index in [9.17, 15) is 9.18 Å². The molecule has 0 radical (unpaired) electrons. The van der Waals surface area contributed by atoms with Gasteiger partial charge in [0.25, 0.3) is 5.91 Å². The van der Waals surface area contributed by atoms with Crippen molar-refractivity contribution in [2.75, 3.05) is 19.6 Å². The highest BCUT2D eigenvalue weighted by Crippen LogP contribution is 2.29. The smallest absolute Gasteiger partial charge is 0.256 e. The van der Waals surface area contributed by atoms with Gasteiger partial charge in [0, 0.05) is 37.1 Å². The summed E-state index contributed by atoms with van der Waals surface area (Å²) < 4.78 is 16.2. The Morgan fingerprint density at radius 3 is 2.73 bits per heavy atom. The third-order valence-electron chi connectivity index (χ3n) is 4.96. The Morgan fingerprint density at radius 2 is 2.00 bits per heavy atom. The molecule has 2 aliphatic rings. The largest absolute Gasteiger partial charge is 0.339 e. The predicted octanol–water partition coefficient (Wildman–Crippen LogP) is 2.62. The summed E-state index contributed by atoms with van der Waals surface area (Å²) in [6.45, 7) is 3.73. The number of fused-ring (bicyclic) bond motifs is 1. The van der Waals surface area contributed by atoms with Crippen molar-refractivity contribution in [3.05, 3.63) is 46.3 Å². The predicted molar refractivity (Wildman–Crippen MR) is 98.3 cm³/mol. The SMILES string of the molecule is Cl.O=C(c1ccc(Cl)cc1F)N1CCC(c2nnc3n2CCNC3)CC1. The minimum atomic E-state index is -0.571. The molecule has 4 rings (SSSR count). The Morgan fingerprint density at radius 1 is 1.23 bits per heavy atom. The van der Waals surface area contributed by atoms with Crippen LogP contribution in [0.3, 0.4) is 0 Å². The normalized spacial score (nSPS) is 17.5. The number of carbonyl (C=O) groups is 1. The van der Waals surface area contributed by atoms with Crippen LogP contribution in [0.2, 0.25) is 5.02 Å². The van der Waals surface area contributed by atoms with Crippen molar-refractivity contribution in [3.8, 4) is 0 Å². The van der Waals surface area contributed by atoms with E-state index in [0.29, 0.717) is 24.0 Å². The molecule has 6 nitrogen and oxygen atoms in total. The fourth-order valence-electron chi connectivity index (χ4n) is 3.59. The lowest BCUT2D eigenvalue weighted by atomic mass is 9.95. The fraction of sp³-hybridized carbons (Fsp3) is 0.471. The van der Waals surface area contributed by atoms with Crippen molar-refractivity contribution >= 4 is 29.9 Å². The van der Waals surface area contributed by atoms with Gasteiger partial charge >= 0.3 is 0 Å². The standard InChI is InChI=1S/C17H19ClFN5O.ClH/c18-12-1-2-13(14(19)9-12)17(25)23-6-3-11(4-7-23)16-22-21-15-10-20-5-8-24(15)16;/h1-2,9,11,20H,3-8,10H2;1H. The molecule has 0 saturated carbocycles. The van der Waals surface area contributed by atoms with E-state index in [0.717, 1.165) is 44.1 Å². The van der Waals surface area contributed by atoms with E-state index in [2.05, 4.69) is 20.1 Å². The van der Waals surface area contributed by atoms with Gasteiger partial charge in [-0.3, -0.25) is 4.79 Å². The van der Waals surface area contributed by atoms with Gasteiger partial charge in [-0.05, 0) is 31.0 Å². The average molecular weight is 400 g/mol. The van der Waals surface area contributed by atoms with Crippen LogP contribution >= 0.6 is 24.0 Å². The molecule has 26 heavy (non-hydrogen) atoms. The zero-order valence-electron chi connectivity index (χ0n) is 14.1. The number of nitrogens with one attached hydrogen (secondary N) is 1. The molecule has 2 aliphatic heterocycles. The average Bonchev–Trinajstić information content (AvgIpc) is 3.05. The van der Waals surface area contributed by atoms with E-state index >= 15 is 0 Å². The molecule has 1 saturated heterocycles. The number of carbonyl (C=O) groups excluding carboxylic acids is 1. The molecule has 3 heterocycles. The Kier molecular flexibility index (Phi) is 5.79. The lowest BCUT2D eigenvalue weighted by molar-refractivity contribution is 0.0705. The van der Waals surface area contributed by atoms with Crippen molar-refractivity contribution in [2.45, 2.75) is 31.8 Å². The van der Waals surface area contributed by atoms with Crippen LogP contribution in [0.4, 0.5) is 4.39 Å². The van der Waals surface area contributed by atoms with E-state index in [4.69, 9.17) is 11.6 Å². The minimum Gasteiger partial charge on any atom is -0.339 e. The summed E-state index contributed by atoms with van der Waals surface area (Å²) in [4.78, 5) is 14.3. The second kappa shape index (κ2) is 7.90. The van der Waals surface area contributed by atoms with E-state index < -0.39 is 5.82 Å². The van der Waals surface area contributed by atoms with Gasteiger partial charge in [0.1, 0.15) is 17.5 Å². The number of hydrogen-bond donors (Lipinski definition) is 1. The van der Waals surface area contributed by atoms with Crippen molar-refractivity contribution in [3.63, 3.8) is 0 Å². The number of halogens is 3. The van der Waals surface area contributed by atoms with Crippen molar-refractivity contribution in [2.24, 2.45) is 0 Å².